The van der Waals surface area contributed by atoms with Crippen LogP contribution >= 0.6 is 15.9 Å². The molecule has 1 aromatic heterocycles. The summed E-state index contributed by atoms with van der Waals surface area (Å²) in [7, 11) is 0. The van der Waals surface area contributed by atoms with Crippen molar-refractivity contribution in [1.82, 2.24) is 5.32 Å². The van der Waals surface area contributed by atoms with Gasteiger partial charge in [0.1, 0.15) is 0 Å². The molecule has 5 nitrogen and oxygen atoms in total. The number of ether oxygens (including phenoxy) is 1. The van der Waals surface area contributed by atoms with Gasteiger partial charge in [-0.1, -0.05) is 18.2 Å². The van der Waals surface area contributed by atoms with Gasteiger partial charge in [-0.25, -0.2) is 4.79 Å². The van der Waals surface area contributed by atoms with Crippen molar-refractivity contribution < 1.29 is 18.7 Å². The van der Waals surface area contributed by atoms with Crippen molar-refractivity contribution in [2.45, 2.75) is 20.4 Å². The highest BCUT2D eigenvalue weighted by molar-refractivity contribution is 9.10. The number of hydrogen-bond donors (Lipinski definition) is 1. The summed E-state index contributed by atoms with van der Waals surface area (Å²) in [4.78, 5) is 23.3. The zero-order valence-corrected chi connectivity index (χ0v) is 13.9. The van der Waals surface area contributed by atoms with Crippen molar-refractivity contribution in [3.05, 3.63) is 57.5 Å². The molecule has 0 spiro atoms. The number of rotatable bonds is 5. The smallest absolute Gasteiger partial charge is 0.374 e. The summed E-state index contributed by atoms with van der Waals surface area (Å²) in [6.45, 7) is 4.10. The Morgan fingerprint density at radius 2 is 1.95 bits per heavy atom. The van der Waals surface area contributed by atoms with Gasteiger partial charge in [0.2, 0.25) is 5.76 Å². The molecule has 0 saturated carbocycles. The third-order valence-electron chi connectivity index (χ3n) is 3.17. The van der Waals surface area contributed by atoms with Gasteiger partial charge in [-0.05, 0) is 58.6 Å². The van der Waals surface area contributed by atoms with Gasteiger partial charge in [-0.2, -0.15) is 0 Å². The highest BCUT2D eigenvalue weighted by Gasteiger charge is 2.13. The first-order chi connectivity index (χ1) is 10.5. The molecule has 2 rings (SSSR count). The second-order valence-electron chi connectivity index (χ2n) is 4.88. The summed E-state index contributed by atoms with van der Waals surface area (Å²) in [5.74, 6) is -0.988. The lowest BCUT2D eigenvalue weighted by Gasteiger charge is -2.07. The predicted molar refractivity (Wildman–Crippen MR) is 84.5 cm³/mol. The van der Waals surface area contributed by atoms with Crippen molar-refractivity contribution in [3.8, 4) is 0 Å². The van der Waals surface area contributed by atoms with Crippen molar-refractivity contribution >= 4 is 27.8 Å². The van der Waals surface area contributed by atoms with E-state index in [1.807, 2.05) is 32.0 Å². The average Bonchev–Trinajstić information content (AvgIpc) is 2.92. The minimum absolute atomic E-state index is 0.0498. The number of aryl methyl sites for hydroxylation is 2. The molecule has 0 bridgehead atoms. The molecule has 2 aromatic rings. The fraction of sp³-hybridized carbons (Fsp3) is 0.250. The molecule has 0 aliphatic heterocycles. The number of furan rings is 1. The maximum Gasteiger partial charge on any atom is 0.374 e. The van der Waals surface area contributed by atoms with Crippen LogP contribution < -0.4 is 5.32 Å². The average molecular weight is 366 g/mol. The molecular weight excluding hydrogens is 350 g/mol. The zero-order chi connectivity index (χ0) is 16.1. The first kappa shape index (κ1) is 16.3. The van der Waals surface area contributed by atoms with E-state index in [0.717, 1.165) is 5.56 Å². The molecule has 22 heavy (non-hydrogen) atoms. The van der Waals surface area contributed by atoms with E-state index in [1.165, 1.54) is 17.2 Å². The standard InChI is InChI=1S/C16H16BrNO4/c1-10-3-4-12(7-11(10)2)8-18-15(19)9-21-16(20)13-5-6-14(17)22-13/h3-7H,8-9H2,1-2H3,(H,18,19). The lowest BCUT2D eigenvalue weighted by molar-refractivity contribution is -0.124. The molecule has 1 aromatic carbocycles. The van der Waals surface area contributed by atoms with E-state index in [4.69, 9.17) is 9.15 Å². The van der Waals surface area contributed by atoms with Crippen LogP contribution in [0.1, 0.15) is 27.2 Å². The van der Waals surface area contributed by atoms with Crippen LogP contribution in [0.2, 0.25) is 0 Å². The number of benzene rings is 1. The summed E-state index contributed by atoms with van der Waals surface area (Å²) in [6.07, 6.45) is 0. The summed E-state index contributed by atoms with van der Waals surface area (Å²) in [5, 5.41) is 2.70. The molecule has 0 fully saturated rings. The van der Waals surface area contributed by atoms with Crippen LogP contribution in [0, 0.1) is 13.8 Å². The van der Waals surface area contributed by atoms with Crippen LogP contribution in [0.3, 0.4) is 0 Å². The number of carbonyl (C=O) groups is 2. The molecule has 0 radical (unpaired) electrons. The molecule has 1 amide bonds. The molecule has 0 atom stereocenters. The van der Waals surface area contributed by atoms with Crippen LogP contribution in [0.5, 0.6) is 0 Å². The van der Waals surface area contributed by atoms with Gasteiger partial charge in [0, 0.05) is 6.54 Å². The molecule has 116 valence electrons. The topological polar surface area (TPSA) is 68.5 Å². The summed E-state index contributed by atoms with van der Waals surface area (Å²) in [5.41, 5.74) is 3.37. The number of carbonyl (C=O) groups excluding carboxylic acids is 2. The number of halogens is 1. The Morgan fingerprint density at radius 3 is 2.59 bits per heavy atom. The summed E-state index contributed by atoms with van der Waals surface area (Å²) in [6, 6.07) is 9.03. The third-order valence-corrected chi connectivity index (χ3v) is 3.60. The largest absolute Gasteiger partial charge is 0.450 e. The van der Waals surface area contributed by atoms with E-state index in [1.54, 1.807) is 6.07 Å². The molecule has 1 heterocycles. The van der Waals surface area contributed by atoms with Crippen LogP contribution in [0.25, 0.3) is 0 Å². The van der Waals surface area contributed by atoms with Gasteiger partial charge in [-0.15, -0.1) is 0 Å². The minimum atomic E-state index is -0.674. The number of esters is 1. The zero-order valence-electron chi connectivity index (χ0n) is 12.3. The molecule has 0 aliphatic carbocycles. The van der Waals surface area contributed by atoms with Gasteiger partial charge in [0.15, 0.2) is 11.3 Å². The summed E-state index contributed by atoms with van der Waals surface area (Å²) < 4.78 is 10.3. The van der Waals surface area contributed by atoms with E-state index in [9.17, 15) is 9.59 Å². The van der Waals surface area contributed by atoms with Crippen molar-refractivity contribution in [2.24, 2.45) is 0 Å². The van der Waals surface area contributed by atoms with E-state index in [2.05, 4.69) is 21.2 Å². The normalized spacial score (nSPS) is 10.3. The van der Waals surface area contributed by atoms with Crippen molar-refractivity contribution in [1.29, 1.82) is 0 Å². The van der Waals surface area contributed by atoms with Crippen LogP contribution in [-0.4, -0.2) is 18.5 Å². The predicted octanol–water partition coefficient (Wildman–Crippen LogP) is 3.13. The minimum Gasteiger partial charge on any atom is -0.450 e. The summed E-state index contributed by atoms with van der Waals surface area (Å²) >= 11 is 3.09. The van der Waals surface area contributed by atoms with E-state index in [-0.39, 0.29) is 18.3 Å². The Hall–Kier alpha value is -2.08. The Morgan fingerprint density at radius 1 is 1.18 bits per heavy atom. The Labute approximate surface area is 136 Å². The molecule has 1 N–H and O–H groups in total. The Bertz CT molecular complexity index is 693. The Balaban J connectivity index is 1.78. The van der Waals surface area contributed by atoms with E-state index >= 15 is 0 Å². The molecule has 6 heteroatoms. The van der Waals surface area contributed by atoms with Gasteiger partial charge < -0.3 is 14.5 Å². The number of hydrogen-bond acceptors (Lipinski definition) is 4. The molecule has 0 unspecified atom stereocenters. The highest BCUT2D eigenvalue weighted by atomic mass is 79.9. The van der Waals surface area contributed by atoms with Crippen LogP contribution in [0.15, 0.2) is 39.4 Å². The van der Waals surface area contributed by atoms with E-state index < -0.39 is 5.97 Å². The number of amides is 1. The second kappa shape index (κ2) is 7.26. The molecule has 0 aliphatic rings. The van der Waals surface area contributed by atoms with Crippen molar-refractivity contribution in [3.63, 3.8) is 0 Å². The van der Waals surface area contributed by atoms with Crippen LogP contribution in [0.4, 0.5) is 0 Å². The third kappa shape index (κ3) is 4.46. The van der Waals surface area contributed by atoms with Crippen LogP contribution in [-0.2, 0) is 16.1 Å². The number of nitrogens with one attached hydrogen (secondary N) is 1. The quantitative estimate of drug-likeness (QED) is 0.826. The van der Waals surface area contributed by atoms with Gasteiger partial charge in [0.25, 0.3) is 5.91 Å². The highest BCUT2D eigenvalue weighted by Crippen LogP contribution is 2.14. The SMILES string of the molecule is Cc1ccc(CNC(=O)COC(=O)c2ccc(Br)o2)cc1C. The van der Waals surface area contributed by atoms with Crippen molar-refractivity contribution in [2.75, 3.05) is 6.61 Å². The first-order valence-electron chi connectivity index (χ1n) is 6.71. The van der Waals surface area contributed by atoms with Gasteiger partial charge >= 0.3 is 5.97 Å². The fourth-order valence-corrected chi connectivity index (χ4v) is 2.10. The Kier molecular flexibility index (Phi) is 5.38. The lowest BCUT2D eigenvalue weighted by Crippen LogP contribution is -2.28. The maximum absolute atomic E-state index is 11.7. The van der Waals surface area contributed by atoms with Gasteiger partial charge in [0.05, 0.1) is 0 Å². The maximum atomic E-state index is 11.7. The second-order valence-corrected chi connectivity index (χ2v) is 5.66. The monoisotopic (exact) mass is 365 g/mol. The molecule has 0 saturated heterocycles. The first-order valence-corrected chi connectivity index (χ1v) is 7.50. The molecular formula is C16H16BrNO4. The van der Waals surface area contributed by atoms with E-state index in [0.29, 0.717) is 11.2 Å². The van der Waals surface area contributed by atoms with Gasteiger partial charge in [-0.3, -0.25) is 4.79 Å². The lowest BCUT2D eigenvalue weighted by atomic mass is 10.1. The fourth-order valence-electron chi connectivity index (χ4n) is 1.79.